The minimum absolute atomic E-state index is 0.0349. The van der Waals surface area contributed by atoms with E-state index in [4.69, 9.17) is 5.73 Å². The highest BCUT2D eigenvalue weighted by Crippen LogP contribution is 2.27. The molecule has 4 aromatic rings. The molecule has 0 unspecified atom stereocenters. The van der Waals surface area contributed by atoms with Crippen molar-refractivity contribution in [1.29, 1.82) is 0 Å². The number of para-hydroxylation sites is 2. The Morgan fingerprint density at radius 1 is 1.07 bits per heavy atom. The summed E-state index contributed by atoms with van der Waals surface area (Å²) in [5.41, 5.74) is 8.48. The van der Waals surface area contributed by atoms with Crippen LogP contribution in [-0.2, 0) is 5.41 Å². The summed E-state index contributed by atoms with van der Waals surface area (Å²) in [5.74, 6) is 2.32. The van der Waals surface area contributed by atoms with Crippen LogP contribution in [0.2, 0.25) is 0 Å². The number of imidazole rings is 1. The van der Waals surface area contributed by atoms with Crippen LogP contribution in [0.15, 0.2) is 30.3 Å². The van der Waals surface area contributed by atoms with Gasteiger partial charge in [-0.15, -0.1) is 0 Å². The van der Waals surface area contributed by atoms with Crippen LogP contribution in [0.4, 0.5) is 17.7 Å². The van der Waals surface area contributed by atoms with Crippen LogP contribution in [0.25, 0.3) is 17.0 Å². The molecule has 0 fully saturated rings. The van der Waals surface area contributed by atoms with Crippen LogP contribution in [0, 0.1) is 6.92 Å². The lowest BCUT2D eigenvalue weighted by Crippen LogP contribution is -2.11. The summed E-state index contributed by atoms with van der Waals surface area (Å²) in [6.07, 6.45) is 0. The lowest BCUT2D eigenvalue weighted by Gasteiger charge is -2.14. The van der Waals surface area contributed by atoms with Crippen molar-refractivity contribution in [3.05, 3.63) is 41.9 Å². The number of aryl methyl sites for hydroxylation is 1. The summed E-state index contributed by atoms with van der Waals surface area (Å²) < 4.78 is 1.81. The number of rotatable bonds is 3. The van der Waals surface area contributed by atoms with Crippen LogP contribution in [0.1, 0.15) is 32.3 Å². The fourth-order valence-corrected chi connectivity index (χ4v) is 2.78. The molecule has 1 aromatic carbocycles. The van der Waals surface area contributed by atoms with Crippen molar-refractivity contribution in [3.63, 3.8) is 0 Å². The van der Waals surface area contributed by atoms with Crippen molar-refractivity contribution in [1.82, 2.24) is 34.7 Å². The van der Waals surface area contributed by atoms with E-state index in [2.05, 4.69) is 56.2 Å². The first-order valence-electron chi connectivity index (χ1n) is 8.60. The normalized spacial score (nSPS) is 11.9. The minimum Gasteiger partial charge on any atom is -0.368 e. The van der Waals surface area contributed by atoms with Gasteiger partial charge in [-0.05, 0) is 19.1 Å². The van der Waals surface area contributed by atoms with Crippen LogP contribution in [-0.4, -0.2) is 34.7 Å². The third-order valence-electron chi connectivity index (χ3n) is 4.14. The van der Waals surface area contributed by atoms with Crippen molar-refractivity contribution >= 4 is 28.7 Å². The predicted octanol–water partition coefficient (Wildman–Crippen LogP) is 2.87. The average molecular weight is 363 g/mol. The first-order valence-corrected chi connectivity index (χ1v) is 8.60. The van der Waals surface area contributed by atoms with Gasteiger partial charge in [0.05, 0.1) is 11.0 Å². The second-order valence-electron chi connectivity index (χ2n) is 7.34. The predicted molar refractivity (Wildman–Crippen MR) is 104 cm³/mol. The van der Waals surface area contributed by atoms with Crippen LogP contribution in [0.3, 0.4) is 0 Å². The number of aromatic nitrogens is 7. The largest absolute Gasteiger partial charge is 0.368 e. The molecule has 0 aliphatic heterocycles. The molecule has 27 heavy (non-hydrogen) atoms. The number of nitrogens with zero attached hydrogens (tertiary/aromatic N) is 6. The van der Waals surface area contributed by atoms with Gasteiger partial charge < -0.3 is 11.1 Å². The van der Waals surface area contributed by atoms with Gasteiger partial charge in [0.25, 0.3) is 0 Å². The average Bonchev–Trinajstić information content (AvgIpc) is 3.18. The number of nitrogens with one attached hydrogen (secondary N) is 2. The van der Waals surface area contributed by atoms with Gasteiger partial charge in [0.2, 0.25) is 17.8 Å². The number of anilines is 3. The summed E-state index contributed by atoms with van der Waals surface area (Å²) >= 11 is 0. The van der Waals surface area contributed by atoms with E-state index < -0.39 is 0 Å². The quantitative estimate of drug-likeness (QED) is 0.511. The molecule has 138 valence electrons. The standard InChI is InChI=1S/C18H21N9/c1-10-20-15(19)24-16(21-10)27-12-8-6-5-7-11(12)22-17(27)23-14-9-13(25-26-14)18(2,3)4/h5-9H,1-4H3,(H2,19,20,21,24)(H2,22,23,25,26). The Morgan fingerprint density at radius 3 is 2.56 bits per heavy atom. The lowest BCUT2D eigenvalue weighted by atomic mass is 9.92. The molecular weight excluding hydrogens is 342 g/mol. The summed E-state index contributed by atoms with van der Waals surface area (Å²) in [4.78, 5) is 17.4. The first-order chi connectivity index (χ1) is 12.8. The van der Waals surface area contributed by atoms with Crippen LogP contribution < -0.4 is 11.1 Å². The van der Waals surface area contributed by atoms with Gasteiger partial charge in [0.1, 0.15) is 5.82 Å². The number of nitrogens with two attached hydrogens (primary N) is 1. The highest BCUT2D eigenvalue weighted by Gasteiger charge is 2.19. The van der Waals surface area contributed by atoms with Crippen molar-refractivity contribution < 1.29 is 0 Å². The summed E-state index contributed by atoms with van der Waals surface area (Å²) in [7, 11) is 0. The van der Waals surface area contributed by atoms with Gasteiger partial charge in [-0.25, -0.2) is 9.55 Å². The fraction of sp³-hybridized carbons (Fsp3) is 0.278. The second kappa shape index (κ2) is 6.04. The van der Waals surface area contributed by atoms with Crippen molar-refractivity contribution in [2.45, 2.75) is 33.1 Å². The monoisotopic (exact) mass is 363 g/mol. The Labute approximate surface area is 156 Å². The number of benzene rings is 1. The Balaban J connectivity index is 1.84. The highest BCUT2D eigenvalue weighted by atomic mass is 15.3. The summed E-state index contributed by atoms with van der Waals surface area (Å²) in [6.45, 7) is 8.14. The Kier molecular flexibility index (Phi) is 3.79. The Bertz CT molecular complexity index is 1100. The lowest BCUT2D eigenvalue weighted by molar-refractivity contribution is 0.567. The molecule has 0 radical (unpaired) electrons. The number of hydrogen-bond acceptors (Lipinski definition) is 7. The van der Waals surface area contributed by atoms with Crippen molar-refractivity contribution in [3.8, 4) is 5.95 Å². The zero-order valence-electron chi connectivity index (χ0n) is 15.6. The second-order valence-corrected chi connectivity index (χ2v) is 7.34. The molecule has 9 heteroatoms. The van der Waals surface area contributed by atoms with E-state index in [1.54, 1.807) is 6.92 Å². The van der Waals surface area contributed by atoms with Gasteiger partial charge in [0, 0.05) is 17.2 Å². The molecule has 4 N–H and O–H groups in total. The molecular formula is C18H21N9. The van der Waals surface area contributed by atoms with E-state index in [0.29, 0.717) is 23.5 Å². The zero-order chi connectivity index (χ0) is 19.2. The van der Waals surface area contributed by atoms with Gasteiger partial charge in [0.15, 0.2) is 5.82 Å². The molecule has 0 aliphatic carbocycles. The molecule has 0 atom stereocenters. The SMILES string of the molecule is Cc1nc(N)nc(-n2c(Nc3cc(C(C)(C)C)[nH]n3)nc3ccccc32)n1. The molecule has 4 rings (SSSR count). The van der Waals surface area contributed by atoms with E-state index in [1.165, 1.54) is 0 Å². The van der Waals surface area contributed by atoms with Gasteiger partial charge >= 0.3 is 0 Å². The van der Waals surface area contributed by atoms with Crippen molar-refractivity contribution in [2.75, 3.05) is 11.1 Å². The maximum absolute atomic E-state index is 5.83. The maximum atomic E-state index is 5.83. The van der Waals surface area contributed by atoms with E-state index in [-0.39, 0.29) is 11.4 Å². The molecule has 0 bridgehead atoms. The molecule has 0 saturated heterocycles. The molecule has 0 spiro atoms. The van der Waals surface area contributed by atoms with Crippen LogP contribution >= 0.6 is 0 Å². The third-order valence-corrected chi connectivity index (χ3v) is 4.14. The molecule has 0 saturated carbocycles. The van der Waals surface area contributed by atoms with Gasteiger partial charge in [-0.3, -0.25) is 5.10 Å². The van der Waals surface area contributed by atoms with E-state index in [1.807, 2.05) is 34.9 Å². The molecule has 0 amide bonds. The first kappa shape index (κ1) is 17.0. The highest BCUT2D eigenvalue weighted by molar-refractivity contribution is 5.81. The Morgan fingerprint density at radius 2 is 1.85 bits per heavy atom. The van der Waals surface area contributed by atoms with Crippen molar-refractivity contribution in [2.24, 2.45) is 0 Å². The summed E-state index contributed by atoms with van der Waals surface area (Å²) in [6, 6.07) is 9.72. The fourth-order valence-electron chi connectivity index (χ4n) is 2.78. The number of aromatic amines is 1. The van der Waals surface area contributed by atoms with E-state index in [9.17, 15) is 0 Å². The maximum Gasteiger partial charge on any atom is 0.242 e. The number of H-pyrrole nitrogens is 1. The van der Waals surface area contributed by atoms with Gasteiger partial charge in [-0.2, -0.15) is 20.1 Å². The number of hydrogen-bond donors (Lipinski definition) is 3. The van der Waals surface area contributed by atoms with E-state index in [0.717, 1.165) is 16.7 Å². The molecule has 0 aliphatic rings. The molecule has 3 aromatic heterocycles. The minimum atomic E-state index is -0.0349. The topological polar surface area (TPSA) is 123 Å². The number of nitrogen functional groups attached to an aromatic ring is 1. The Hall–Kier alpha value is -3.49. The summed E-state index contributed by atoms with van der Waals surface area (Å²) in [5, 5.41) is 10.7. The van der Waals surface area contributed by atoms with E-state index >= 15 is 0 Å². The third kappa shape index (κ3) is 3.19. The van der Waals surface area contributed by atoms with Crippen LogP contribution in [0.5, 0.6) is 0 Å². The zero-order valence-corrected chi connectivity index (χ0v) is 15.6. The number of fused-ring (bicyclic) bond motifs is 1. The van der Waals surface area contributed by atoms with Gasteiger partial charge in [-0.1, -0.05) is 32.9 Å². The molecule has 3 heterocycles. The smallest absolute Gasteiger partial charge is 0.242 e. The molecule has 9 nitrogen and oxygen atoms in total.